The summed E-state index contributed by atoms with van der Waals surface area (Å²) in [6.07, 6.45) is 7.41. The molecule has 4 rings (SSSR count). The molecule has 0 bridgehead atoms. The average Bonchev–Trinajstić information content (AvgIpc) is 3.28. The Labute approximate surface area is 171 Å². The van der Waals surface area contributed by atoms with Gasteiger partial charge in [0.2, 0.25) is 4.73 Å². The minimum absolute atomic E-state index is 0.236. The van der Waals surface area contributed by atoms with E-state index in [0.29, 0.717) is 17.8 Å². The van der Waals surface area contributed by atoms with E-state index >= 15 is 0 Å². The molecule has 1 saturated heterocycles. The maximum Gasteiger partial charge on any atom is 0.410 e. The second-order valence-electron chi connectivity index (χ2n) is 8.02. The zero-order valence-electron chi connectivity index (χ0n) is 16.2. The number of nitrogens with zero attached hydrogens (tertiary/aromatic N) is 6. The third-order valence-corrected chi connectivity index (χ3v) is 5.33. The van der Waals surface area contributed by atoms with Gasteiger partial charge < -0.3 is 9.64 Å². The van der Waals surface area contributed by atoms with E-state index in [1.165, 1.54) is 0 Å². The quantitative estimate of drug-likeness (QED) is 0.595. The molecule has 0 radical (unpaired) electrons. The maximum atomic E-state index is 12.2. The molecule has 0 saturated carbocycles. The van der Waals surface area contributed by atoms with Crippen LogP contribution in [0.25, 0.3) is 16.8 Å². The number of carbonyl (C=O) groups is 1. The van der Waals surface area contributed by atoms with Crippen LogP contribution in [0, 0.1) is 0 Å². The number of hydrogen-bond donors (Lipinski definition) is 0. The molecule has 1 fully saturated rings. The van der Waals surface area contributed by atoms with Gasteiger partial charge in [0.1, 0.15) is 5.60 Å². The molecular weight excluding hydrogens is 424 g/mol. The Morgan fingerprint density at radius 3 is 2.61 bits per heavy atom. The van der Waals surface area contributed by atoms with Crippen LogP contribution in [-0.2, 0) is 4.74 Å². The van der Waals surface area contributed by atoms with E-state index in [2.05, 4.69) is 37.4 Å². The normalized spacial score (nSPS) is 15.9. The molecule has 28 heavy (non-hydrogen) atoms. The van der Waals surface area contributed by atoms with Gasteiger partial charge in [0.15, 0.2) is 5.65 Å². The number of piperidine rings is 1. The molecule has 1 aliphatic rings. The van der Waals surface area contributed by atoms with E-state index in [-0.39, 0.29) is 12.1 Å². The van der Waals surface area contributed by atoms with E-state index < -0.39 is 5.60 Å². The van der Waals surface area contributed by atoms with Gasteiger partial charge in [-0.15, -0.1) is 10.2 Å². The molecule has 8 nitrogen and oxygen atoms in total. The number of carbonyl (C=O) groups excluding carboxylic acids is 1. The minimum Gasteiger partial charge on any atom is -0.444 e. The zero-order valence-corrected chi connectivity index (χ0v) is 17.8. The predicted octanol–water partition coefficient (Wildman–Crippen LogP) is 3.93. The van der Waals surface area contributed by atoms with Gasteiger partial charge in [0, 0.05) is 36.6 Å². The van der Waals surface area contributed by atoms with Gasteiger partial charge >= 0.3 is 6.09 Å². The van der Waals surface area contributed by atoms with Crippen LogP contribution >= 0.6 is 15.9 Å². The van der Waals surface area contributed by atoms with Crippen molar-refractivity contribution < 1.29 is 9.53 Å². The highest BCUT2D eigenvalue weighted by molar-refractivity contribution is 9.10. The van der Waals surface area contributed by atoms with Crippen molar-refractivity contribution in [2.24, 2.45) is 0 Å². The maximum absolute atomic E-state index is 12.2. The first-order valence-electron chi connectivity index (χ1n) is 9.33. The first-order valence-corrected chi connectivity index (χ1v) is 10.1. The Balaban J connectivity index is 1.43. The zero-order chi connectivity index (χ0) is 19.9. The number of ether oxygens (including phenoxy) is 1. The molecule has 0 atom stereocenters. The molecule has 0 aliphatic carbocycles. The molecule has 4 heterocycles. The Kier molecular flexibility index (Phi) is 4.86. The molecule has 3 aromatic rings. The molecule has 0 unspecified atom stereocenters. The summed E-state index contributed by atoms with van der Waals surface area (Å²) < 4.78 is 10.0. The van der Waals surface area contributed by atoms with Gasteiger partial charge in [-0.1, -0.05) is 0 Å². The summed E-state index contributed by atoms with van der Waals surface area (Å²) in [6.45, 7) is 7.01. The average molecular weight is 447 g/mol. The number of aromatic nitrogens is 5. The monoisotopic (exact) mass is 446 g/mol. The largest absolute Gasteiger partial charge is 0.444 e. The molecule has 1 aliphatic heterocycles. The van der Waals surface area contributed by atoms with Crippen LogP contribution in [0.4, 0.5) is 4.79 Å². The number of halogens is 1. The summed E-state index contributed by atoms with van der Waals surface area (Å²) in [6, 6.07) is 4.23. The number of fused-ring (bicyclic) bond motifs is 1. The summed E-state index contributed by atoms with van der Waals surface area (Å²) in [5.41, 5.74) is 2.41. The summed E-state index contributed by atoms with van der Waals surface area (Å²) in [5, 5.41) is 12.7. The topological polar surface area (TPSA) is 77.5 Å². The van der Waals surface area contributed by atoms with Crippen molar-refractivity contribution >= 4 is 27.7 Å². The summed E-state index contributed by atoms with van der Waals surface area (Å²) in [7, 11) is 0. The molecule has 0 N–H and O–H groups in total. The van der Waals surface area contributed by atoms with E-state index in [1.54, 1.807) is 4.90 Å². The van der Waals surface area contributed by atoms with Gasteiger partial charge in [0.05, 0.1) is 12.2 Å². The van der Waals surface area contributed by atoms with Crippen LogP contribution in [0.2, 0.25) is 0 Å². The van der Waals surface area contributed by atoms with E-state index in [9.17, 15) is 4.79 Å². The van der Waals surface area contributed by atoms with Crippen LogP contribution in [0.5, 0.6) is 0 Å². The van der Waals surface area contributed by atoms with Crippen LogP contribution < -0.4 is 0 Å². The summed E-state index contributed by atoms with van der Waals surface area (Å²) in [4.78, 5) is 14.0. The Morgan fingerprint density at radius 1 is 1.14 bits per heavy atom. The van der Waals surface area contributed by atoms with Crippen molar-refractivity contribution in [2.75, 3.05) is 13.1 Å². The third kappa shape index (κ3) is 3.89. The second kappa shape index (κ2) is 7.20. The molecular formula is C19H23BrN6O2. The first-order chi connectivity index (χ1) is 13.3. The lowest BCUT2D eigenvalue weighted by atomic mass is 10.1. The van der Waals surface area contributed by atoms with Crippen LogP contribution in [0.1, 0.15) is 39.7 Å². The number of pyridine rings is 1. The van der Waals surface area contributed by atoms with Crippen molar-refractivity contribution in [1.29, 1.82) is 0 Å². The minimum atomic E-state index is -0.467. The smallest absolute Gasteiger partial charge is 0.410 e. The standard InChI is InChI=1S/C19H23BrN6O2/c1-19(2,3)28-18(27)24-8-6-15(7-9-24)26-12-14(10-21-26)13-4-5-16-22-23-17(20)25(16)11-13/h4-5,10-12,15H,6-9H2,1-3H3. The lowest BCUT2D eigenvalue weighted by molar-refractivity contribution is 0.0185. The molecule has 148 valence electrons. The molecule has 0 spiro atoms. The highest BCUT2D eigenvalue weighted by Crippen LogP contribution is 2.27. The van der Waals surface area contributed by atoms with Gasteiger partial charge in [-0.2, -0.15) is 5.10 Å². The number of hydrogen-bond acceptors (Lipinski definition) is 5. The fraction of sp³-hybridized carbons (Fsp3) is 0.474. The van der Waals surface area contributed by atoms with Crippen molar-refractivity contribution in [2.45, 2.75) is 45.3 Å². The number of rotatable bonds is 2. The second-order valence-corrected chi connectivity index (χ2v) is 8.73. The number of likely N-dealkylation sites (tertiary alicyclic amines) is 1. The molecule has 1 amide bonds. The fourth-order valence-electron chi connectivity index (χ4n) is 3.36. The van der Waals surface area contributed by atoms with Gasteiger partial charge in [-0.05, 0) is 61.7 Å². The van der Waals surface area contributed by atoms with Gasteiger partial charge in [-0.3, -0.25) is 9.08 Å². The van der Waals surface area contributed by atoms with E-state index in [4.69, 9.17) is 4.74 Å². The molecule has 9 heteroatoms. The van der Waals surface area contributed by atoms with Crippen LogP contribution in [0.3, 0.4) is 0 Å². The van der Waals surface area contributed by atoms with Gasteiger partial charge in [0.25, 0.3) is 0 Å². The van der Waals surface area contributed by atoms with Crippen LogP contribution in [-0.4, -0.2) is 54.1 Å². The Hall–Kier alpha value is -2.42. The lowest BCUT2D eigenvalue weighted by Crippen LogP contribution is -2.42. The number of amides is 1. The first kappa shape index (κ1) is 18.9. The van der Waals surface area contributed by atoms with E-state index in [1.807, 2.05) is 54.4 Å². The van der Waals surface area contributed by atoms with Crippen molar-refractivity contribution in [3.8, 4) is 11.1 Å². The third-order valence-electron chi connectivity index (χ3n) is 4.79. The highest BCUT2D eigenvalue weighted by Gasteiger charge is 2.27. The molecule has 0 aromatic carbocycles. The molecule has 3 aromatic heterocycles. The Bertz CT molecular complexity index is 997. The fourth-order valence-corrected chi connectivity index (χ4v) is 3.72. The van der Waals surface area contributed by atoms with E-state index in [0.717, 1.165) is 29.6 Å². The Morgan fingerprint density at radius 2 is 1.89 bits per heavy atom. The van der Waals surface area contributed by atoms with Crippen LogP contribution in [0.15, 0.2) is 35.5 Å². The van der Waals surface area contributed by atoms with Crippen molar-refractivity contribution in [3.05, 3.63) is 35.5 Å². The van der Waals surface area contributed by atoms with Gasteiger partial charge in [-0.25, -0.2) is 4.79 Å². The highest BCUT2D eigenvalue weighted by atomic mass is 79.9. The lowest BCUT2D eigenvalue weighted by Gasteiger charge is -2.33. The summed E-state index contributed by atoms with van der Waals surface area (Å²) >= 11 is 3.40. The summed E-state index contributed by atoms with van der Waals surface area (Å²) in [5.74, 6) is 0. The SMILES string of the molecule is CC(C)(C)OC(=O)N1CCC(n2cc(-c3ccc4nnc(Br)n4c3)cn2)CC1. The van der Waals surface area contributed by atoms with Crippen molar-refractivity contribution in [3.63, 3.8) is 0 Å². The predicted molar refractivity (Wildman–Crippen MR) is 108 cm³/mol. The van der Waals surface area contributed by atoms with Crippen molar-refractivity contribution in [1.82, 2.24) is 29.3 Å².